The van der Waals surface area contributed by atoms with E-state index >= 15 is 0 Å². The van der Waals surface area contributed by atoms with Gasteiger partial charge in [-0.2, -0.15) is 0 Å². The van der Waals surface area contributed by atoms with E-state index in [1.807, 2.05) is 31.2 Å². The van der Waals surface area contributed by atoms with Gasteiger partial charge in [-0.25, -0.2) is 14.4 Å². The molecule has 2 aromatic carbocycles. The SMILES string of the molecule is Cc1ccc(Nc2ncc(C(=O)N(CC(=O)O)Cc3c(F)cccc3Cl)c(C)n2)cc1. The van der Waals surface area contributed by atoms with Crippen LogP contribution in [0.5, 0.6) is 0 Å². The van der Waals surface area contributed by atoms with Crippen molar-refractivity contribution in [3.05, 3.63) is 81.9 Å². The molecule has 9 heteroatoms. The number of anilines is 2. The fraction of sp³-hybridized carbons (Fsp3) is 0.182. The molecule has 0 atom stereocenters. The summed E-state index contributed by atoms with van der Waals surface area (Å²) in [6.45, 7) is 2.65. The number of carboxylic acid groups (broad SMARTS) is 1. The number of carbonyl (C=O) groups is 2. The second-order valence-corrected chi connectivity index (χ2v) is 7.35. The maximum Gasteiger partial charge on any atom is 0.323 e. The Morgan fingerprint density at radius 2 is 1.87 bits per heavy atom. The average Bonchev–Trinajstić information content (AvgIpc) is 2.71. The van der Waals surface area contributed by atoms with Crippen molar-refractivity contribution in [3.8, 4) is 0 Å². The number of hydrogen-bond donors (Lipinski definition) is 2. The summed E-state index contributed by atoms with van der Waals surface area (Å²) < 4.78 is 14.2. The number of rotatable bonds is 7. The van der Waals surface area contributed by atoms with Crippen LogP contribution in [0.2, 0.25) is 5.02 Å². The Balaban J connectivity index is 1.85. The zero-order valence-electron chi connectivity index (χ0n) is 16.9. The number of aromatic nitrogens is 2. The van der Waals surface area contributed by atoms with E-state index in [9.17, 15) is 19.1 Å². The number of amides is 1. The summed E-state index contributed by atoms with van der Waals surface area (Å²) in [4.78, 5) is 33.8. The first kappa shape index (κ1) is 22.2. The van der Waals surface area contributed by atoms with Crippen LogP contribution in [0, 0.1) is 19.7 Å². The van der Waals surface area contributed by atoms with Crippen molar-refractivity contribution < 1.29 is 19.1 Å². The summed E-state index contributed by atoms with van der Waals surface area (Å²) in [5.74, 6) is -2.21. The van der Waals surface area contributed by atoms with Gasteiger partial charge in [-0.1, -0.05) is 35.4 Å². The lowest BCUT2D eigenvalue weighted by Gasteiger charge is -2.22. The van der Waals surface area contributed by atoms with Crippen molar-refractivity contribution in [1.82, 2.24) is 14.9 Å². The van der Waals surface area contributed by atoms with Crippen LogP contribution >= 0.6 is 11.6 Å². The molecule has 3 aromatic rings. The standard InChI is InChI=1S/C22H20ClFN4O3/c1-13-6-8-15(9-7-13)27-22-25-10-16(14(2)26-22)21(31)28(12-20(29)30)11-17-18(23)4-3-5-19(17)24/h3-10H,11-12H2,1-2H3,(H,29,30)(H,25,26,27). The first-order chi connectivity index (χ1) is 14.7. The number of halogens is 2. The number of carbonyl (C=O) groups excluding carboxylic acids is 1. The van der Waals surface area contributed by atoms with Gasteiger partial charge in [-0.3, -0.25) is 9.59 Å². The fourth-order valence-corrected chi connectivity index (χ4v) is 3.13. The Hall–Kier alpha value is -3.52. The smallest absolute Gasteiger partial charge is 0.323 e. The average molecular weight is 443 g/mol. The number of carboxylic acids is 1. The molecule has 0 saturated heterocycles. The van der Waals surface area contributed by atoms with Crippen LogP contribution in [0.4, 0.5) is 16.0 Å². The maximum atomic E-state index is 14.2. The van der Waals surface area contributed by atoms with Gasteiger partial charge >= 0.3 is 5.97 Å². The molecular weight excluding hydrogens is 423 g/mol. The van der Waals surface area contributed by atoms with Gasteiger partial charge in [0.15, 0.2) is 0 Å². The summed E-state index contributed by atoms with van der Waals surface area (Å²) in [7, 11) is 0. The third-order valence-corrected chi connectivity index (χ3v) is 4.90. The fourth-order valence-electron chi connectivity index (χ4n) is 2.91. The van der Waals surface area contributed by atoms with Crippen molar-refractivity contribution in [2.75, 3.05) is 11.9 Å². The van der Waals surface area contributed by atoms with Gasteiger partial charge in [0.2, 0.25) is 5.95 Å². The van der Waals surface area contributed by atoms with Gasteiger partial charge in [0.25, 0.3) is 5.91 Å². The molecule has 0 radical (unpaired) electrons. The highest BCUT2D eigenvalue weighted by atomic mass is 35.5. The zero-order valence-corrected chi connectivity index (χ0v) is 17.7. The number of aliphatic carboxylic acids is 1. The minimum Gasteiger partial charge on any atom is -0.480 e. The second-order valence-electron chi connectivity index (χ2n) is 6.94. The summed E-state index contributed by atoms with van der Waals surface area (Å²) in [6, 6.07) is 11.7. The molecule has 7 nitrogen and oxygen atoms in total. The molecule has 3 rings (SSSR count). The molecule has 1 amide bonds. The lowest BCUT2D eigenvalue weighted by atomic mass is 10.1. The van der Waals surface area contributed by atoms with Crippen LogP contribution in [0.1, 0.15) is 27.2 Å². The van der Waals surface area contributed by atoms with E-state index in [4.69, 9.17) is 11.6 Å². The minimum absolute atomic E-state index is 0.0370. The minimum atomic E-state index is -1.24. The van der Waals surface area contributed by atoms with Gasteiger partial charge < -0.3 is 15.3 Å². The van der Waals surface area contributed by atoms with Gasteiger partial charge in [0.1, 0.15) is 12.4 Å². The molecule has 0 aliphatic heterocycles. The molecule has 31 heavy (non-hydrogen) atoms. The number of hydrogen-bond acceptors (Lipinski definition) is 5. The summed E-state index contributed by atoms with van der Waals surface area (Å²) in [5, 5.41) is 12.4. The number of benzene rings is 2. The lowest BCUT2D eigenvalue weighted by molar-refractivity contribution is -0.137. The van der Waals surface area contributed by atoms with Crippen LogP contribution in [-0.2, 0) is 11.3 Å². The topological polar surface area (TPSA) is 95.4 Å². The molecule has 0 spiro atoms. The first-order valence-corrected chi connectivity index (χ1v) is 9.73. The molecular formula is C22H20ClFN4O3. The predicted molar refractivity (Wildman–Crippen MR) is 115 cm³/mol. The Bertz CT molecular complexity index is 1100. The van der Waals surface area contributed by atoms with E-state index in [0.29, 0.717) is 11.6 Å². The molecule has 0 aliphatic carbocycles. The Kier molecular flexibility index (Phi) is 6.81. The highest BCUT2D eigenvalue weighted by Crippen LogP contribution is 2.22. The molecule has 1 aromatic heterocycles. The molecule has 0 saturated carbocycles. The van der Waals surface area contributed by atoms with Crippen molar-refractivity contribution in [1.29, 1.82) is 0 Å². The van der Waals surface area contributed by atoms with Gasteiger partial charge in [0, 0.05) is 22.5 Å². The molecule has 0 bridgehead atoms. The summed E-state index contributed by atoms with van der Waals surface area (Å²) in [6.07, 6.45) is 1.32. The molecule has 0 aliphatic rings. The van der Waals surface area contributed by atoms with Crippen LogP contribution in [0.3, 0.4) is 0 Å². The van der Waals surface area contributed by atoms with Crippen LogP contribution in [-0.4, -0.2) is 38.4 Å². The van der Waals surface area contributed by atoms with Gasteiger partial charge in [0.05, 0.1) is 17.8 Å². The summed E-state index contributed by atoms with van der Waals surface area (Å²) >= 11 is 6.04. The molecule has 0 fully saturated rings. The van der Waals surface area contributed by atoms with Crippen LogP contribution in [0.25, 0.3) is 0 Å². The predicted octanol–water partition coefficient (Wildman–Crippen LogP) is 4.36. The van der Waals surface area contributed by atoms with Crippen LogP contribution in [0.15, 0.2) is 48.7 Å². The third kappa shape index (κ3) is 5.55. The van der Waals surface area contributed by atoms with Gasteiger partial charge in [-0.05, 0) is 38.1 Å². The number of aryl methyl sites for hydroxylation is 2. The molecule has 1 heterocycles. The quantitative estimate of drug-likeness (QED) is 0.564. The number of nitrogens with one attached hydrogen (secondary N) is 1. The monoisotopic (exact) mass is 442 g/mol. The van der Waals surface area contributed by atoms with Gasteiger partial charge in [-0.15, -0.1) is 0 Å². The van der Waals surface area contributed by atoms with Crippen molar-refractivity contribution in [2.24, 2.45) is 0 Å². The molecule has 0 unspecified atom stereocenters. The second kappa shape index (κ2) is 9.53. The van der Waals surface area contributed by atoms with E-state index in [0.717, 1.165) is 16.2 Å². The van der Waals surface area contributed by atoms with Crippen molar-refractivity contribution >= 4 is 35.1 Å². The van der Waals surface area contributed by atoms with E-state index in [1.165, 1.54) is 24.4 Å². The first-order valence-electron chi connectivity index (χ1n) is 9.36. The third-order valence-electron chi connectivity index (χ3n) is 4.54. The van der Waals surface area contributed by atoms with Crippen molar-refractivity contribution in [2.45, 2.75) is 20.4 Å². The molecule has 160 valence electrons. The Morgan fingerprint density at radius 3 is 2.48 bits per heavy atom. The van der Waals surface area contributed by atoms with E-state index in [2.05, 4.69) is 15.3 Å². The highest BCUT2D eigenvalue weighted by Gasteiger charge is 2.24. The van der Waals surface area contributed by atoms with E-state index < -0.39 is 24.2 Å². The molecule has 2 N–H and O–H groups in total. The Labute approximate surface area is 183 Å². The maximum absolute atomic E-state index is 14.2. The number of nitrogens with zero attached hydrogens (tertiary/aromatic N) is 3. The highest BCUT2D eigenvalue weighted by molar-refractivity contribution is 6.31. The van der Waals surface area contributed by atoms with E-state index in [1.54, 1.807) is 6.92 Å². The Morgan fingerprint density at radius 1 is 1.16 bits per heavy atom. The lowest BCUT2D eigenvalue weighted by Crippen LogP contribution is -2.36. The van der Waals surface area contributed by atoms with Crippen molar-refractivity contribution in [3.63, 3.8) is 0 Å². The van der Waals surface area contributed by atoms with Crippen LogP contribution < -0.4 is 5.32 Å². The largest absolute Gasteiger partial charge is 0.480 e. The normalized spacial score (nSPS) is 10.6. The van der Waals surface area contributed by atoms with E-state index in [-0.39, 0.29) is 22.7 Å². The summed E-state index contributed by atoms with van der Waals surface area (Å²) in [5.41, 5.74) is 2.39. The zero-order chi connectivity index (χ0) is 22.5.